The molecule has 7 nitrogen and oxygen atoms in total. The molecule has 4 aliphatic rings. The van der Waals surface area contributed by atoms with Crippen LogP contribution in [0.4, 0.5) is 11.4 Å². The molecule has 4 aliphatic heterocycles. The Kier molecular flexibility index (Phi) is 8.67. The molecule has 264 valence electrons. The molecule has 4 aromatic rings. The zero-order valence-corrected chi connectivity index (χ0v) is 31.1. The summed E-state index contributed by atoms with van der Waals surface area (Å²) in [7, 11) is 5.12. The molecule has 0 aliphatic carbocycles. The van der Waals surface area contributed by atoms with Crippen molar-refractivity contribution in [3.05, 3.63) is 108 Å². The number of nitrogens with one attached hydrogen (secondary N) is 2. The van der Waals surface area contributed by atoms with Gasteiger partial charge in [0.1, 0.15) is 29.1 Å². The van der Waals surface area contributed by atoms with Crippen LogP contribution in [0.1, 0.15) is 82.6 Å². The third-order valence-electron chi connectivity index (χ3n) is 9.93. The second-order valence-electron chi connectivity index (χ2n) is 14.7. The lowest BCUT2D eigenvalue weighted by molar-refractivity contribution is -0.0580. The highest BCUT2D eigenvalue weighted by Crippen LogP contribution is 2.55. The van der Waals surface area contributed by atoms with E-state index < -0.39 is 6.29 Å². The average Bonchev–Trinajstić information content (AvgIpc) is 3.09. The molecule has 0 bridgehead atoms. The SMILES string of the molecule is C=CCC1Oc2ccccc2-c2c(OC)cc3c(c21)C(C)=CC(C)(C)N3.COc1cc2c(c3c1-c1ccccc1OC3OC)C(C)=CC(C)(C)N2. The van der Waals surface area contributed by atoms with E-state index in [4.69, 9.17) is 23.7 Å². The Hall–Kier alpha value is -5.14. The lowest BCUT2D eigenvalue weighted by Crippen LogP contribution is -2.32. The van der Waals surface area contributed by atoms with Crippen LogP contribution < -0.4 is 29.6 Å². The van der Waals surface area contributed by atoms with Crippen LogP contribution >= 0.6 is 0 Å². The Labute approximate surface area is 301 Å². The fourth-order valence-electron chi connectivity index (χ4n) is 8.25. The molecule has 7 heteroatoms. The maximum absolute atomic E-state index is 6.38. The topological polar surface area (TPSA) is 70.2 Å². The first kappa shape index (κ1) is 34.3. The monoisotopic (exact) mass is 684 g/mol. The molecule has 0 radical (unpaired) electrons. The minimum Gasteiger partial charge on any atom is -0.496 e. The highest BCUT2D eigenvalue weighted by molar-refractivity contribution is 5.94. The summed E-state index contributed by atoms with van der Waals surface area (Å²) in [4.78, 5) is 0. The average molecular weight is 685 g/mol. The van der Waals surface area contributed by atoms with Gasteiger partial charge >= 0.3 is 0 Å². The van der Waals surface area contributed by atoms with Crippen LogP contribution in [0.25, 0.3) is 33.4 Å². The number of hydrogen-bond donors (Lipinski definition) is 2. The number of ether oxygens (including phenoxy) is 5. The summed E-state index contributed by atoms with van der Waals surface area (Å²) in [6, 6.07) is 20.4. The van der Waals surface area contributed by atoms with E-state index in [2.05, 4.69) is 95.2 Å². The van der Waals surface area contributed by atoms with E-state index >= 15 is 0 Å². The Morgan fingerprint density at radius 1 is 0.686 bits per heavy atom. The first-order valence-electron chi connectivity index (χ1n) is 17.5. The number of methoxy groups -OCH3 is 3. The highest BCUT2D eigenvalue weighted by Gasteiger charge is 2.37. The Bertz CT molecular complexity index is 2110. The lowest BCUT2D eigenvalue weighted by Gasteiger charge is -2.37. The quantitative estimate of drug-likeness (QED) is 0.203. The van der Waals surface area contributed by atoms with E-state index in [-0.39, 0.29) is 17.2 Å². The molecule has 0 saturated heterocycles. The van der Waals surface area contributed by atoms with Gasteiger partial charge in [0.05, 0.1) is 25.3 Å². The summed E-state index contributed by atoms with van der Waals surface area (Å²) in [5.74, 6) is 3.41. The van der Waals surface area contributed by atoms with Gasteiger partial charge in [0.25, 0.3) is 0 Å². The fourth-order valence-corrected chi connectivity index (χ4v) is 8.25. The van der Waals surface area contributed by atoms with Crippen molar-refractivity contribution in [2.24, 2.45) is 0 Å². The number of benzene rings is 4. The molecule has 0 spiro atoms. The van der Waals surface area contributed by atoms with Crippen LogP contribution in [0.15, 0.2) is 85.5 Å². The van der Waals surface area contributed by atoms with Gasteiger partial charge < -0.3 is 34.3 Å². The first-order valence-corrected chi connectivity index (χ1v) is 17.5. The molecule has 0 fully saturated rings. The minimum absolute atomic E-state index is 0.0763. The van der Waals surface area contributed by atoms with Gasteiger partial charge in [-0.2, -0.15) is 0 Å². The van der Waals surface area contributed by atoms with Gasteiger partial charge in [-0.25, -0.2) is 0 Å². The zero-order valence-electron chi connectivity index (χ0n) is 31.1. The molecule has 51 heavy (non-hydrogen) atoms. The van der Waals surface area contributed by atoms with Gasteiger partial charge in [0.15, 0.2) is 0 Å². The molecular formula is C44H48N2O5. The third kappa shape index (κ3) is 5.93. The van der Waals surface area contributed by atoms with Crippen LogP contribution in [0, 0.1) is 0 Å². The summed E-state index contributed by atoms with van der Waals surface area (Å²) in [5, 5.41) is 7.23. The zero-order chi connectivity index (χ0) is 36.2. The van der Waals surface area contributed by atoms with Gasteiger partial charge in [-0.15, -0.1) is 6.58 Å². The predicted octanol–water partition coefficient (Wildman–Crippen LogP) is 11.0. The van der Waals surface area contributed by atoms with Gasteiger partial charge in [-0.05, 0) is 64.8 Å². The summed E-state index contributed by atoms with van der Waals surface area (Å²) >= 11 is 0. The predicted molar refractivity (Wildman–Crippen MR) is 208 cm³/mol. The molecule has 4 aromatic carbocycles. The second kappa shape index (κ2) is 12.9. The molecule has 2 unspecified atom stereocenters. The molecule has 0 aromatic heterocycles. The molecular weight excluding hydrogens is 636 g/mol. The number of para-hydroxylation sites is 2. The van der Waals surface area contributed by atoms with Gasteiger partial charge in [-0.3, -0.25) is 0 Å². The van der Waals surface area contributed by atoms with E-state index in [1.807, 2.05) is 42.5 Å². The Morgan fingerprint density at radius 3 is 1.65 bits per heavy atom. The van der Waals surface area contributed by atoms with Gasteiger partial charge in [0.2, 0.25) is 6.29 Å². The van der Waals surface area contributed by atoms with Crippen molar-refractivity contribution in [2.75, 3.05) is 32.0 Å². The standard InChI is InChI=1S/C23H25NO2.C21H23NO3/c1-6-9-18-22-20-14(2)13-23(3,4)24-16(20)12-19(25-5)21(22)15-10-7-8-11-17(15)26-18;1-12-11-21(2,3)22-14-10-16(23-4)18-13-8-6-7-9-15(13)25-20(24-5)19(18)17(12)14/h6-8,10-13,18,24H,1,9H2,2-5H3;6-11,20,22H,1-5H3. The molecule has 8 rings (SSSR count). The fraction of sp³-hybridized carbons (Fsp3) is 0.318. The van der Waals surface area contributed by atoms with Crippen molar-refractivity contribution >= 4 is 22.5 Å². The molecule has 2 N–H and O–H groups in total. The van der Waals surface area contributed by atoms with Crippen molar-refractivity contribution < 1.29 is 23.7 Å². The van der Waals surface area contributed by atoms with Crippen molar-refractivity contribution in [1.29, 1.82) is 0 Å². The Morgan fingerprint density at radius 2 is 1.16 bits per heavy atom. The van der Waals surface area contributed by atoms with E-state index in [1.165, 1.54) is 22.3 Å². The lowest BCUT2D eigenvalue weighted by atomic mass is 9.81. The summed E-state index contributed by atoms with van der Waals surface area (Å²) < 4.78 is 29.8. The maximum Gasteiger partial charge on any atom is 0.227 e. The number of allylic oxidation sites excluding steroid dienone is 2. The highest BCUT2D eigenvalue weighted by atomic mass is 16.7. The molecule has 4 heterocycles. The second-order valence-corrected chi connectivity index (χ2v) is 14.7. The van der Waals surface area contributed by atoms with Crippen LogP contribution in [-0.2, 0) is 4.74 Å². The molecule has 0 saturated carbocycles. The van der Waals surface area contributed by atoms with Crippen LogP contribution in [-0.4, -0.2) is 32.4 Å². The van der Waals surface area contributed by atoms with E-state index in [0.29, 0.717) is 0 Å². The first-order chi connectivity index (χ1) is 24.4. The largest absolute Gasteiger partial charge is 0.496 e. The smallest absolute Gasteiger partial charge is 0.227 e. The number of rotatable bonds is 5. The summed E-state index contributed by atoms with van der Waals surface area (Å²) in [6.45, 7) is 16.9. The van der Waals surface area contributed by atoms with Crippen molar-refractivity contribution in [1.82, 2.24) is 0 Å². The van der Waals surface area contributed by atoms with E-state index in [0.717, 1.165) is 74.2 Å². The van der Waals surface area contributed by atoms with E-state index in [1.54, 1.807) is 21.3 Å². The third-order valence-corrected chi connectivity index (χ3v) is 9.93. The molecule has 2 atom stereocenters. The van der Waals surface area contributed by atoms with Crippen molar-refractivity contribution in [3.8, 4) is 45.3 Å². The van der Waals surface area contributed by atoms with Crippen molar-refractivity contribution in [3.63, 3.8) is 0 Å². The minimum atomic E-state index is -0.472. The van der Waals surface area contributed by atoms with Crippen LogP contribution in [0.3, 0.4) is 0 Å². The van der Waals surface area contributed by atoms with E-state index in [9.17, 15) is 0 Å². The van der Waals surface area contributed by atoms with Crippen LogP contribution in [0.5, 0.6) is 23.0 Å². The maximum atomic E-state index is 6.38. The summed E-state index contributed by atoms with van der Waals surface area (Å²) in [5.41, 5.74) is 13.3. The van der Waals surface area contributed by atoms with Crippen molar-refractivity contribution in [2.45, 2.75) is 71.4 Å². The number of anilines is 2. The molecule has 0 amide bonds. The van der Waals surface area contributed by atoms with Crippen LogP contribution in [0.2, 0.25) is 0 Å². The summed E-state index contributed by atoms with van der Waals surface area (Å²) in [6.07, 6.45) is 6.65. The number of fused-ring (bicyclic) bond motifs is 10. The van der Waals surface area contributed by atoms with Gasteiger partial charge in [-0.1, -0.05) is 54.6 Å². The normalized spacial score (nSPS) is 19.3. The van der Waals surface area contributed by atoms with Gasteiger partial charge in [0, 0.05) is 81.5 Å². The number of hydrogen-bond acceptors (Lipinski definition) is 7. The Balaban J connectivity index is 0.000000159.